The molecular weight excluding hydrogens is 681 g/mol. The van der Waals surface area contributed by atoms with E-state index in [-0.39, 0.29) is 32.6 Å². The molecule has 0 aromatic rings. The summed E-state index contributed by atoms with van der Waals surface area (Å²) in [6, 6.07) is 0. The molecule has 0 aliphatic rings. The lowest BCUT2D eigenvalue weighted by atomic mass is 10.1. The van der Waals surface area contributed by atoms with Crippen molar-refractivity contribution in [2.24, 2.45) is 5.73 Å². The van der Waals surface area contributed by atoms with E-state index in [1.807, 2.05) is 18.2 Å². The zero-order valence-corrected chi connectivity index (χ0v) is 33.3. The molecule has 0 bridgehead atoms. The van der Waals surface area contributed by atoms with Crippen LogP contribution in [0, 0.1) is 0 Å². The Morgan fingerprint density at radius 2 is 1.25 bits per heavy atom. The zero-order valence-electron chi connectivity index (χ0n) is 32.4. The molecule has 0 radical (unpaired) electrons. The van der Waals surface area contributed by atoms with E-state index in [0.717, 1.165) is 51.4 Å². The summed E-state index contributed by atoms with van der Waals surface area (Å²) < 4.78 is 32.5. The van der Waals surface area contributed by atoms with Crippen LogP contribution in [0.4, 0.5) is 0 Å². The Labute approximate surface area is 315 Å². The normalized spacial score (nSPS) is 14.6. The first-order chi connectivity index (χ1) is 25.2. The number of nitrogens with two attached hydrogens (primary N) is 1. The lowest BCUT2D eigenvalue weighted by Gasteiger charge is -2.19. The Bertz CT molecular complexity index is 1060. The third-order valence-electron chi connectivity index (χ3n) is 7.96. The van der Waals surface area contributed by atoms with Crippen LogP contribution in [0.1, 0.15) is 149 Å². The third-order valence-corrected chi connectivity index (χ3v) is 8.94. The molecule has 300 valence electrons. The van der Waals surface area contributed by atoms with Gasteiger partial charge in [-0.25, -0.2) is 4.57 Å². The predicted octanol–water partition coefficient (Wildman–Crippen LogP) is 9.91. The molecule has 4 N–H and O–H groups in total. The highest BCUT2D eigenvalue weighted by Gasteiger charge is 2.25. The lowest BCUT2D eigenvalue weighted by Crippen LogP contribution is -2.29. The van der Waals surface area contributed by atoms with E-state index < -0.39 is 38.6 Å². The van der Waals surface area contributed by atoms with Gasteiger partial charge in [0, 0.05) is 19.4 Å². The van der Waals surface area contributed by atoms with Crippen molar-refractivity contribution >= 4 is 19.8 Å². The quantitative estimate of drug-likeness (QED) is 0.0185. The molecule has 0 fully saturated rings. The van der Waals surface area contributed by atoms with E-state index in [1.165, 1.54) is 44.9 Å². The highest BCUT2D eigenvalue weighted by Crippen LogP contribution is 2.43. The second-order valence-corrected chi connectivity index (χ2v) is 14.4. The summed E-state index contributed by atoms with van der Waals surface area (Å²) in [5, 5.41) is 10.1. The third kappa shape index (κ3) is 36.0. The lowest BCUT2D eigenvalue weighted by molar-refractivity contribution is -0.161. The number of esters is 2. The van der Waals surface area contributed by atoms with Gasteiger partial charge in [0.2, 0.25) is 0 Å². The molecule has 10 nitrogen and oxygen atoms in total. The van der Waals surface area contributed by atoms with Crippen LogP contribution >= 0.6 is 7.82 Å². The van der Waals surface area contributed by atoms with E-state index in [0.29, 0.717) is 25.7 Å². The maximum absolute atomic E-state index is 12.5. The van der Waals surface area contributed by atoms with Gasteiger partial charge in [-0.1, -0.05) is 126 Å². The van der Waals surface area contributed by atoms with Crippen molar-refractivity contribution in [3.05, 3.63) is 60.8 Å². The molecule has 0 spiro atoms. The number of hydrogen-bond acceptors (Lipinski definition) is 9. The monoisotopic (exact) mass is 753 g/mol. The largest absolute Gasteiger partial charge is 0.472 e. The highest BCUT2D eigenvalue weighted by molar-refractivity contribution is 7.47. The fourth-order valence-electron chi connectivity index (χ4n) is 4.93. The smallest absolute Gasteiger partial charge is 0.462 e. The summed E-state index contributed by atoms with van der Waals surface area (Å²) in [7, 11) is -4.41. The minimum Gasteiger partial charge on any atom is -0.462 e. The number of unbranched alkanes of at least 4 members (excludes halogenated alkanes) is 13. The van der Waals surface area contributed by atoms with Gasteiger partial charge in [-0.15, -0.1) is 0 Å². The van der Waals surface area contributed by atoms with Crippen LogP contribution in [0.5, 0.6) is 0 Å². The van der Waals surface area contributed by atoms with Crippen LogP contribution in [0.2, 0.25) is 0 Å². The molecular formula is C41H72NO9P. The number of allylic oxidation sites excluding steroid dienone is 8. The average Bonchev–Trinajstić information content (AvgIpc) is 3.12. The van der Waals surface area contributed by atoms with Gasteiger partial charge in [-0.05, 0) is 70.6 Å². The maximum atomic E-state index is 12.5. The molecule has 0 aromatic heterocycles. The van der Waals surface area contributed by atoms with Crippen molar-refractivity contribution < 1.29 is 42.7 Å². The van der Waals surface area contributed by atoms with E-state index in [4.69, 9.17) is 24.3 Å². The molecule has 0 saturated carbocycles. The van der Waals surface area contributed by atoms with E-state index in [2.05, 4.69) is 44.2 Å². The van der Waals surface area contributed by atoms with Crippen molar-refractivity contribution in [1.29, 1.82) is 0 Å². The van der Waals surface area contributed by atoms with Gasteiger partial charge in [-0.2, -0.15) is 0 Å². The first-order valence-corrected chi connectivity index (χ1v) is 21.4. The van der Waals surface area contributed by atoms with Crippen LogP contribution in [-0.4, -0.2) is 60.5 Å². The van der Waals surface area contributed by atoms with Gasteiger partial charge in [0.15, 0.2) is 6.10 Å². The molecule has 0 aromatic carbocycles. The van der Waals surface area contributed by atoms with Crippen molar-refractivity contribution in [1.82, 2.24) is 0 Å². The highest BCUT2D eigenvalue weighted by atomic mass is 31.2. The number of phosphoric ester groups is 1. The van der Waals surface area contributed by atoms with Crippen LogP contribution in [0.25, 0.3) is 0 Å². The Morgan fingerprint density at radius 1 is 0.673 bits per heavy atom. The zero-order chi connectivity index (χ0) is 38.4. The first-order valence-electron chi connectivity index (χ1n) is 19.9. The van der Waals surface area contributed by atoms with E-state index in [9.17, 15) is 24.2 Å². The maximum Gasteiger partial charge on any atom is 0.472 e. The number of aliphatic hydroxyl groups is 1. The molecule has 0 aliphatic heterocycles. The number of ether oxygens (including phenoxy) is 2. The van der Waals surface area contributed by atoms with Crippen LogP contribution in [-0.2, 0) is 32.7 Å². The average molecular weight is 754 g/mol. The molecule has 0 rings (SSSR count). The van der Waals surface area contributed by atoms with Gasteiger partial charge in [-0.3, -0.25) is 18.6 Å². The second-order valence-electron chi connectivity index (χ2n) is 13.0. The fraction of sp³-hybridized carbons (Fsp3) is 0.707. The molecule has 0 saturated heterocycles. The number of carbonyl (C=O) groups is 2. The molecule has 52 heavy (non-hydrogen) atoms. The van der Waals surface area contributed by atoms with Crippen LogP contribution in [0.15, 0.2) is 60.8 Å². The number of phosphoric acid groups is 1. The Kier molecular flexibility index (Phi) is 35.3. The summed E-state index contributed by atoms with van der Waals surface area (Å²) in [6.45, 7) is 3.48. The number of hydrogen-bond donors (Lipinski definition) is 3. The summed E-state index contributed by atoms with van der Waals surface area (Å²) in [6.07, 6.45) is 38.5. The van der Waals surface area contributed by atoms with E-state index >= 15 is 0 Å². The molecule has 3 atom stereocenters. The van der Waals surface area contributed by atoms with Crippen molar-refractivity contribution in [2.75, 3.05) is 26.4 Å². The minimum atomic E-state index is -4.41. The number of aliphatic hydroxyl groups excluding tert-OH is 1. The SMILES string of the molecule is CCCCC/C=C\C/C=C\CC(O)/C=C\C=C\CCCC(=O)OC[C@H](COP(=O)(O)OCCN)OC(=O)CCCCCCC/C=C\CCCCCC. The van der Waals surface area contributed by atoms with Crippen molar-refractivity contribution in [3.63, 3.8) is 0 Å². The topological polar surface area (TPSA) is 155 Å². The predicted molar refractivity (Wildman–Crippen MR) is 212 cm³/mol. The Hall–Kier alpha value is -2.33. The van der Waals surface area contributed by atoms with Crippen LogP contribution in [0.3, 0.4) is 0 Å². The van der Waals surface area contributed by atoms with E-state index in [1.54, 1.807) is 12.2 Å². The molecule has 0 heterocycles. The summed E-state index contributed by atoms with van der Waals surface area (Å²) in [5.74, 6) is -0.975. The standard InChI is InChI=1S/C41H72NO9P/c1-3-5-7-9-11-13-14-15-16-18-20-24-29-33-41(45)51-39(37-50-52(46,47)49-35-34-42)36-48-40(44)32-28-25-21-23-27-31-38(43)30-26-22-19-17-12-10-8-6-4-2/h12-14,17,21-23,26-27,31,38-39,43H,3-11,15-16,18-20,24-25,28-30,32-37,42H2,1-2H3,(H,46,47)/b14-13-,17-12-,23-21+,26-22-,31-27-/t38?,39-/m1/s1. The second kappa shape index (κ2) is 37.0. The molecule has 11 heteroatoms. The fourth-order valence-corrected chi connectivity index (χ4v) is 5.70. The first kappa shape index (κ1) is 49.7. The summed E-state index contributed by atoms with van der Waals surface area (Å²) in [5.41, 5.74) is 5.32. The van der Waals surface area contributed by atoms with Gasteiger partial charge in [0.1, 0.15) is 6.61 Å². The van der Waals surface area contributed by atoms with Crippen molar-refractivity contribution in [2.45, 2.75) is 161 Å². The van der Waals surface area contributed by atoms with Crippen molar-refractivity contribution in [3.8, 4) is 0 Å². The number of carbonyl (C=O) groups excluding carboxylic acids is 2. The summed E-state index contributed by atoms with van der Waals surface area (Å²) >= 11 is 0. The van der Waals surface area contributed by atoms with Gasteiger partial charge in [0.05, 0.1) is 19.3 Å². The van der Waals surface area contributed by atoms with Crippen LogP contribution < -0.4 is 5.73 Å². The molecule has 0 aliphatic carbocycles. The van der Waals surface area contributed by atoms with Gasteiger partial charge >= 0.3 is 19.8 Å². The Balaban J connectivity index is 4.42. The number of rotatable bonds is 36. The molecule has 0 amide bonds. The van der Waals surface area contributed by atoms with Gasteiger partial charge in [0.25, 0.3) is 0 Å². The minimum absolute atomic E-state index is 0.0301. The Morgan fingerprint density at radius 3 is 1.96 bits per heavy atom. The van der Waals surface area contributed by atoms with Gasteiger partial charge < -0.3 is 25.2 Å². The summed E-state index contributed by atoms with van der Waals surface area (Å²) in [4.78, 5) is 34.7. The molecule has 2 unspecified atom stereocenters.